The van der Waals surface area contributed by atoms with Crippen LogP contribution in [0.15, 0.2) is 12.1 Å². The predicted molar refractivity (Wildman–Crippen MR) is 82.4 cm³/mol. The highest BCUT2D eigenvalue weighted by Gasteiger charge is 2.26. The molecule has 1 fully saturated rings. The smallest absolute Gasteiger partial charge is 0.127 e. The molecule has 1 aliphatic carbocycles. The summed E-state index contributed by atoms with van der Waals surface area (Å²) in [6.45, 7) is 1.66. The van der Waals surface area contributed by atoms with Gasteiger partial charge in [0.25, 0.3) is 0 Å². The molecule has 1 saturated carbocycles. The van der Waals surface area contributed by atoms with E-state index in [4.69, 9.17) is 16.3 Å². The molecule has 4 heteroatoms. The van der Waals surface area contributed by atoms with Crippen LogP contribution in [0.2, 0.25) is 5.02 Å². The highest BCUT2D eigenvalue weighted by molar-refractivity contribution is 7.99. The Morgan fingerprint density at radius 1 is 1.42 bits per heavy atom. The molecule has 1 aromatic carbocycles. The van der Waals surface area contributed by atoms with Gasteiger partial charge < -0.3 is 10.1 Å². The molecule has 0 amide bonds. The number of halogens is 1. The van der Waals surface area contributed by atoms with Gasteiger partial charge in [-0.25, -0.2) is 0 Å². The Labute approximate surface area is 124 Å². The minimum absolute atomic E-state index is 0.631. The van der Waals surface area contributed by atoms with Crippen LogP contribution in [0.5, 0.6) is 5.75 Å². The number of ether oxygens (including phenoxy) is 1. The SMILES string of the molecule is CSC1CCCC1NCc1cc(Cl)cc2c1OCC2. The summed E-state index contributed by atoms with van der Waals surface area (Å²) in [5.74, 6) is 1.07. The molecule has 1 heterocycles. The lowest BCUT2D eigenvalue weighted by Gasteiger charge is -2.20. The number of rotatable bonds is 4. The highest BCUT2D eigenvalue weighted by Crippen LogP contribution is 2.34. The Morgan fingerprint density at radius 2 is 2.32 bits per heavy atom. The largest absolute Gasteiger partial charge is 0.493 e. The van der Waals surface area contributed by atoms with Crippen LogP contribution in [-0.2, 0) is 13.0 Å². The zero-order valence-corrected chi connectivity index (χ0v) is 12.8. The van der Waals surface area contributed by atoms with Gasteiger partial charge >= 0.3 is 0 Å². The first kappa shape index (κ1) is 13.6. The van der Waals surface area contributed by atoms with Gasteiger partial charge in [0.15, 0.2) is 0 Å². The normalized spacial score (nSPS) is 25.4. The summed E-state index contributed by atoms with van der Waals surface area (Å²) < 4.78 is 5.75. The second kappa shape index (κ2) is 5.94. The van der Waals surface area contributed by atoms with E-state index in [0.29, 0.717) is 6.04 Å². The van der Waals surface area contributed by atoms with Crippen molar-refractivity contribution in [3.8, 4) is 5.75 Å². The molecular weight excluding hydrogens is 278 g/mol. The minimum Gasteiger partial charge on any atom is -0.493 e. The monoisotopic (exact) mass is 297 g/mol. The second-order valence-electron chi connectivity index (χ2n) is 5.34. The average molecular weight is 298 g/mol. The predicted octanol–water partition coefficient (Wildman–Crippen LogP) is 3.65. The summed E-state index contributed by atoms with van der Waals surface area (Å²) in [6, 6.07) is 4.71. The quantitative estimate of drug-likeness (QED) is 0.916. The summed E-state index contributed by atoms with van der Waals surface area (Å²) in [4.78, 5) is 0. The van der Waals surface area contributed by atoms with Gasteiger partial charge in [-0.05, 0) is 36.8 Å². The third-order valence-corrected chi connectivity index (χ3v) is 5.52. The summed E-state index contributed by atoms with van der Waals surface area (Å²) in [5.41, 5.74) is 2.48. The van der Waals surface area contributed by atoms with E-state index in [9.17, 15) is 0 Å². The summed E-state index contributed by atoms with van der Waals surface area (Å²) in [5, 5.41) is 5.28. The van der Waals surface area contributed by atoms with E-state index in [2.05, 4.69) is 11.6 Å². The number of hydrogen-bond donors (Lipinski definition) is 1. The number of hydrogen-bond acceptors (Lipinski definition) is 3. The van der Waals surface area contributed by atoms with Crippen molar-refractivity contribution in [3.63, 3.8) is 0 Å². The van der Waals surface area contributed by atoms with Crippen molar-refractivity contribution in [1.82, 2.24) is 5.32 Å². The molecule has 0 saturated heterocycles. The summed E-state index contributed by atoms with van der Waals surface area (Å²) in [6.07, 6.45) is 7.16. The number of benzene rings is 1. The molecule has 0 radical (unpaired) electrons. The maximum absolute atomic E-state index is 6.19. The van der Waals surface area contributed by atoms with Crippen LogP contribution in [0.4, 0.5) is 0 Å². The van der Waals surface area contributed by atoms with Gasteiger partial charge in [-0.2, -0.15) is 11.8 Å². The molecule has 1 aliphatic heterocycles. The van der Waals surface area contributed by atoms with Crippen LogP contribution in [-0.4, -0.2) is 24.2 Å². The van der Waals surface area contributed by atoms with Crippen molar-refractivity contribution in [1.29, 1.82) is 0 Å². The molecule has 1 N–H and O–H groups in total. The van der Waals surface area contributed by atoms with E-state index in [1.165, 1.54) is 30.4 Å². The molecule has 3 rings (SSSR count). The molecule has 104 valence electrons. The molecule has 2 nitrogen and oxygen atoms in total. The van der Waals surface area contributed by atoms with E-state index in [0.717, 1.165) is 35.6 Å². The van der Waals surface area contributed by atoms with Gasteiger partial charge in [0.1, 0.15) is 5.75 Å². The fraction of sp³-hybridized carbons (Fsp3) is 0.600. The third kappa shape index (κ3) is 2.88. The van der Waals surface area contributed by atoms with Crippen LogP contribution in [0.25, 0.3) is 0 Å². The first-order chi connectivity index (χ1) is 9.28. The zero-order valence-electron chi connectivity index (χ0n) is 11.2. The Hall–Kier alpha value is -0.380. The number of fused-ring (bicyclic) bond motifs is 1. The van der Waals surface area contributed by atoms with Crippen LogP contribution in [0.1, 0.15) is 30.4 Å². The van der Waals surface area contributed by atoms with Crippen molar-refractivity contribution >= 4 is 23.4 Å². The van der Waals surface area contributed by atoms with E-state index < -0.39 is 0 Å². The molecule has 19 heavy (non-hydrogen) atoms. The van der Waals surface area contributed by atoms with Crippen LogP contribution in [0, 0.1) is 0 Å². The Morgan fingerprint density at radius 3 is 3.16 bits per heavy atom. The average Bonchev–Trinajstić information content (AvgIpc) is 3.03. The summed E-state index contributed by atoms with van der Waals surface area (Å²) in [7, 11) is 0. The van der Waals surface area contributed by atoms with Gasteiger partial charge in [-0.3, -0.25) is 0 Å². The third-order valence-electron chi connectivity index (χ3n) is 4.14. The number of thioether (sulfide) groups is 1. The maximum atomic E-state index is 6.19. The first-order valence-electron chi connectivity index (χ1n) is 6.98. The van der Waals surface area contributed by atoms with Crippen molar-refractivity contribution in [2.45, 2.75) is 43.5 Å². The van der Waals surface area contributed by atoms with Crippen molar-refractivity contribution < 1.29 is 4.74 Å². The molecule has 2 aliphatic rings. The standard InChI is InChI=1S/C15H20ClNOS/c1-19-14-4-2-3-13(14)17-9-11-8-12(16)7-10-5-6-18-15(10)11/h7-8,13-14,17H,2-6,9H2,1H3. The molecular formula is C15H20ClNOS. The van der Waals surface area contributed by atoms with E-state index >= 15 is 0 Å². The highest BCUT2D eigenvalue weighted by atomic mass is 35.5. The fourth-order valence-corrected chi connectivity index (χ4v) is 4.39. The lowest BCUT2D eigenvalue weighted by molar-refractivity contribution is 0.351. The van der Waals surface area contributed by atoms with Gasteiger partial charge in [0, 0.05) is 34.8 Å². The van der Waals surface area contributed by atoms with E-state index in [1.807, 2.05) is 23.9 Å². The van der Waals surface area contributed by atoms with E-state index in [-0.39, 0.29) is 0 Å². The Balaban J connectivity index is 1.70. The topological polar surface area (TPSA) is 21.3 Å². The first-order valence-corrected chi connectivity index (χ1v) is 8.65. The van der Waals surface area contributed by atoms with Crippen molar-refractivity contribution in [3.05, 3.63) is 28.3 Å². The lowest BCUT2D eigenvalue weighted by Crippen LogP contribution is -2.33. The fourth-order valence-electron chi connectivity index (χ4n) is 3.16. The lowest BCUT2D eigenvalue weighted by atomic mass is 10.1. The van der Waals surface area contributed by atoms with Crippen molar-refractivity contribution in [2.24, 2.45) is 0 Å². The molecule has 0 bridgehead atoms. The summed E-state index contributed by atoms with van der Waals surface area (Å²) >= 11 is 8.18. The second-order valence-corrected chi connectivity index (χ2v) is 6.86. The molecule has 0 spiro atoms. The maximum Gasteiger partial charge on any atom is 0.127 e. The number of nitrogens with one attached hydrogen (secondary N) is 1. The molecule has 1 aromatic rings. The molecule has 2 unspecified atom stereocenters. The van der Waals surface area contributed by atoms with Crippen molar-refractivity contribution in [2.75, 3.05) is 12.9 Å². The zero-order chi connectivity index (χ0) is 13.2. The van der Waals surface area contributed by atoms with Gasteiger partial charge in [0.2, 0.25) is 0 Å². The molecule has 0 aromatic heterocycles. The van der Waals surface area contributed by atoms with Gasteiger partial charge in [-0.1, -0.05) is 18.0 Å². The van der Waals surface area contributed by atoms with Gasteiger partial charge in [0.05, 0.1) is 6.61 Å². The minimum atomic E-state index is 0.631. The van der Waals surface area contributed by atoms with E-state index in [1.54, 1.807) is 0 Å². The van der Waals surface area contributed by atoms with Crippen LogP contribution >= 0.6 is 23.4 Å². The van der Waals surface area contributed by atoms with Crippen LogP contribution in [0.3, 0.4) is 0 Å². The van der Waals surface area contributed by atoms with Gasteiger partial charge in [-0.15, -0.1) is 0 Å². The Bertz CT molecular complexity index is 466. The van der Waals surface area contributed by atoms with Crippen LogP contribution < -0.4 is 10.1 Å². The Kier molecular flexibility index (Phi) is 4.25. The molecule has 2 atom stereocenters.